The van der Waals surface area contributed by atoms with Gasteiger partial charge in [-0.3, -0.25) is 4.79 Å². The quantitative estimate of drug-likeness (QED) is 0.801. The van der Waals surface area contributed by atoms with Crippen molar-refractivity contribution < 1.29 is 14.3 Å². The van der Waals surface area contributed by atoms with E-state index >= 15 is 0 Å². The lowest BCUT2D eigenvalue weighted by Gasteiger charge is -2.21. The number of amides is 1. The zero-order chi connectivity index (χ0) is 12.3. The predicted octanol–water partition coefficient (Wildman–Crippen LogP) is 2.27. The Morgan fingerprint density at radius 3 is 2.38 bits per heavy atom. The van der Waals surface area contributed by atoms with Gasteiger partial charge in [-0.2, -0.15) is 0 Å². The Morgan fingerprint density at radius 1 is 1.38 bits per heavy atom. The lowest BCUT2D eigenvalue weighted by atomic mass is 10.1. The molecule has 0 saturated heterocycles. The third-order valence-corrected chi connectivity index (χ3v) is 2.40. The summed E-state index contributed by atoms with van der Waals surface area (Å²) < 4.78 is 5.08. The minimum atomic E-state index is -0.524. The molecule has 0 heterocycles. The van der Waals surface area contributed by atoms with E-state index in [1.807, 2.05) is 0 Å². The zero-order valence-electron chi connectivity index (χ0n) is 10.5. The van der Waals surface area contributed by atoms with Gasteiger partial charge in [0.15, 0.2) is 5.78 Å². The van der Waals surface area contributed by atoms with E-state index in [9.17, 15) is 9.59 Å². The average molecular weight is 227 g/mol. The van der Waals surface area contributed by atoms with Crippen molar-refractivity contribution in [1.29, 1.82) is 0 Å². The Balaban J connectivity index is 2.29. The van der Waals surface area contributed by atoms with Gasteiger partial charge in [-0.25, -0.2) is 4.79 Å². The molecule has 1 rings (SSSR count). The van der Waals surface area contributed by atoms with E-state index in [1.54, 1.807) is 27.7 Å². The van der Waals surface area contributed by atoms with Crippen molar-refractivity contribution in [3.63, 3.8) is 0 Å². The van der Waals surface area contributed by atoms with Crippen molar-refractivity contribution in [2.45, 2.75) is 58.6 Å². The summed E-state index contributed by atoms with van der Waals surface area (Å²) >= 11 is 0. The molecule has 1 aliphatic rings. The topological polar surface area (TPSA) is 55.4 Å². The van der Waals surface area contributed by atoms with Gasteiger partial charge < -0.3 is 10.1 Å². The molecule has 0 aromatic heterocycles. The molecule has 0 aromatic carbocycles. The van der Waals surface area contributed by atoms with Crippen LogP contribution >= 0.6 is 0 Å². The van der Waals surface area contributed by atoms with Crippen LogP contribution in [0.2, 0.25) is 0 Å². The van der Waals surface area contributed by atoms with E-state index in [4.69, 9.17) is 4.74 Å². The Morgan fingerprint density at radius 2 is 1.94 bits per heavy atom. The second-order valence-corrected chi connectivity index (χ2v) is 5.48. The summed E-state index contributed by atoms with van der Waals surface area (Å²) in [6, 6.07) is -0.449. The monoisotopic (exact) mass is 227 g/mol. The highest BCUT2D eigenvalue weighted by Crippen LogP contribution is 2.32. The molecule has 1 atom stereocenters. The van der Waals surface area contributed by atoms with E-state index in [2.05, 4.69) is 5.32 Å². The molecule has 0 spiro atoms. The molecule has 16 heavy (non-hydrogen) atoms. The molecule has 1 N–H and O–H groups in total. The van der Waals surface area contributed by atoms with Crippen molar-refractivity contribution >= 4 is 11.9 Å². The number of hydrogen-bond acceptors (Lipinski definition) is 3. The predicted molar refractivity (Wildman–Crippen MR) is 61.2 cm³/mol. The summed E-state index contributed by atoms with van der Waals surface area (Å²) in [6.45, 7) is 7.09. The smallest absolute Gasteiger partial charge is 0.408 e. The van der Waals surface area contributed by atoms with E-state index in [0.29, 0.717) is 12.3 Å². The van der Waals surface area contributed by atoms with Crippen molar-refractivity contribution in [2.24, 2.45) is 5.92 Å². The van der Waals surface area contributed by atoms with Crippen molar-refractivity contribution in [3.8, 4) is 0 Å². The highest BCUT2D eigenvalue weighted by atomic mass is 16.6. The van der Waals surface area contributed by atoms with Crippen molar-refractivity contribution in [1.82, 2.24) is 5.32 Å². The standard InChI is InChI=1S/C12H21NO3/c1-8(10(14)7-9-5-6-9)13-11(15)16-12(2,3)4/h8-9H,5-7H2,1-4H3,(H,13,15)/t8-/m0/s1. The second-order valence-electron chi connectivity index (χ2n) is 5.48. The minimum Gasteiger partial charge on any atom is -0.444 e. The fraction of sp³-hybridized carbons (Fsp3) is 0.833. The van der Waals surface area contributed by atoms with E-state index in [1.165, 1.54) is 0 Å². The Labute approximate surface area is 96.7 Å². The van der Waals surface area contributed by atoms with Gasteiger partial charge >= 0.3 is 6.09 Å². The number of alkyl carbamates (subject to hydrolysis) is 1. The summed E-state index contributed by atoms with van der Waals surface area (Å²) in [5.41, 5.74) is -0.524. The first kappa shape index (κ1) is 13.0. The molecule has 1 fully saturated rings. The summed E-state index contributed by atoms with van der Waals surface area (Å²) in [6.07, 6.45) is 2.34. The number of nitrogens with one attached hydrogen (secondary N) is 1. The van der Waals surface area contributed by atoms with Crippen LogP contribution in [0.25, 0.3) is 0 Å². The van der Waals surface area contributed by atoms with Crippen LogP contribution in [0.5, 0.6) is 0 Å². The summed E-state index contributed by atoms with van der Waals surface area (Å²) in [5, 5.41) is 2.56. The molecule has 0 unspecified atom stereocenters. The Bertz CT molecular complexity index is 276. The molecule has 4 nitrogen and oxygen atoms in total. The van der Waals surface area contributed by atoms with Crippen molar-refractivity contribution in [2.75, 3.05) is 0 Å². The molecular formula is C12H21NO3. The first-order valence-electron chi connectivity index (χ1n) is 5.80. The molecule has 1 amide bonds. The third kappa shape index (κ3) is 5.14. The highest BCUT2D eigenvalue weighted by molar-refractivity contribution is 5.87. The van der Waals surface area contributed by atoms with Gasteiger partial charge in [0, 0.05) is 6.42 Å². The average Bonchev–Trinajstić information content (AvgIpc) is 2.83. The third-order valence-electron chi connectivity index (χ3n) is 2.40. The maximum Gasteiger partial charge on any atom is 0.408 e. The molecule has 0 aliphatic heterocycles. The SMILES string of the molecule is C[C@H](NC(=O)OC(C)(C)C)C(=O)CC1CC1. The van der Waals surface area contributed by atoms with Gasteiger partial charge in [0.1, 0.15) is 5.60 Å². The molecule has 0 bridgehead atoms. The van der Waals surface area contributed by atoms with Crippen LogP contribution in [-0.2, 0) is 9.53 Å². The summed E-state index contributed by atoms with van der Waals surface area (Å²) in [7, 11) is 0. The number of carbonyl (C=O) groups excluding carboxylic acids is 2. The maximum atomic E-state index is 11.6. The lowest BCUT2D eigenvalue weighted by Crippen LogP contribution is -2.41. The van der Waals surface area contributed by atoms with Gasteiger partial charge in [0.2, 0.25) is 0 Å². The first-order valence-corrected chi connectivity index (χ1v) is 5.80. The van der Waals surface area contributed by atoms with Gasteiger partial charge in [-0.15, -0.1) is 0 Å². The number of hydrogen-bond donors (Lipinski definition) is 1. The van der Waals surface area contributed by atoms with Crippen LogP contribution in [0.15, 0.2) is 0 Å². The largest absolute Gasteiger partial charge is 0.444 e. The molecule has 0 aromatic rings. The Kier molecular flexibility index (Phi) is 3.94. The van der Waals surface area contributed by atoms with E-state index < -0.39 is 17.7 Å². The molecule has 92 valence electrons. The van der Waals surface area contributed by atoms with Crippen LogP contribution in [0.1, 0.15) is 47.0 Å². The zero-order valence-corrected chi connectivity index (χ0v) is 10.5. The molecule has 0 radical (unpaired) electrons. The van der Waals surface area contributed by atoms with Crippen LogP contribution < -0.4 is 5.32 Å². The second kappa shape index (κ2) is 4.85. The minimum absolute atomic E-state index is 0.0911. The van der Waals surface area contributed by atoms with Gasteiger partial charge in [-0.05, 0) is 46.5 Å². The van der Waals surface area contributed by atoms with E-state index in [-0.39, 0.29) is 5.78 Å². The first-order chi connectivity index (χ1) is 7.28. The summed E-state index contributed by atoms with van der Waals surface area (Å²) in [5.74, 6) is 0.642. The Hall–Kier alpha value is -1.06. The number of ether oxygens (including phenoxy) is 1. The van der Waals surface area contributed by atoms with Gasteiger partial charge in [0.05, 0.1) is 6.04 Å². The van der Waals surface area contributed by atoms with Gasteiger partial charge in [-0.1, -0.05) is 0 Å². The lowest BCUT2D eigenvalue weighted by molar-refractivity contribution is -0.121. The summed E-state index contributed by atoms with van der Waals surface area (Å²) in [4.78, 5) is 23.0. The molecule has 4 heteroatoms. The molecule has 1 aliphatic carbocycles. The van der Waals surface area contributed by atoms with Crippen LogP contribution in [0.3, 0.4) is 0 Å². The van der Waals surface area contributed by atoms with Crippen LogP contribution in [0, 0.1) is 5.92 Å². The fourth-order valence-electron chi connectivity index (χ4n) is 1.35. The number of carbonyl (C=O) groups is 2. The van der Waals surface area contributed by atoms with Crippen LogP contribution in [0.4, 0.5) is 4.79 Å². The normalized spacial score (nSPS) is 17.8. The highest BCUT2D eigenvalue weighted by Gasteiger charge is 2.28. The number of Topliss-reactive ketones (excluding diaryl/α,β-unsaturated/α-hetero) is 1. The maximum absolute atomic E-state index is 11.6. The number of ketones is 1. The molecule has 1 saturated carbocycles. The van der Waals surface area contributed by atoms with Crippen molar-refractivity contribution in [3.05, 3.63) is 0 Å². The molecular weight excluding hydrogens is 206 g/mol. The van der Waals surface area contributed by atoms with E-state index in [0.717, 1.165) is 12.8 Å². The van der Waals surface area contributed by atoms with Crippen LogP contribution in [-0.4, -0.2) is 23.5 Å². The fourth-order valence-corrected chi connectivity index (χ4v) is 1.35. The number of rotatable bonds is 4. The van der Waals surface area contributed by atoms with Gasteiger partial charge in [0.25, 0.3) is 0 Å².